The third kappa shape index (κ3) is 2.68. The summed E-state index contributed by atoms with van der Waals surface area (Å²) in [5, 5.41) is 10.1. The highest BCUT2D eigenvalue weighted by atomic mass is 79.9. The van der Waals surface area contributed by atoms with Crippen LogP contribution < -0.4 is 0 Å². The Morgan fingerprint density at radius 2 is 1.82 bits per heavy atom. The first-order valence-corrected chi connectivity index (χ1v) is 7.91. The molecule has 116 valence electrons. The van der Waals surface area contributed by atoms with Crippen LogP contribution >= 0.6 is 17.0 Å². The van der Waals surface area contributed by atoms with Gasteiger partial charge in [-0.15, -0.1) is 17.0 Å². The first-order chi connectivity index (χ1) is 10.3. The number of phenolic OH excluding ortho intramolecular Hbond substituents is 1. The van der Waals surface area contributed by atoms with Crippen molar-refractivity contribution in [3.63, 3.8) is 0 Å². The Kier molecular flexibility index (Phi) is 4.55. The van der Waals surface area contributed by atoms with Gasteiger partial charge in [-0.1, -0.05) is 42.5 Å². The van der Waals surface area contributed by atoms with Gasteiger partial charge in [-0.2, -0.15) is 0 Å². The molecule has 22 heavy (non-hydrogen) atoms. The smallest absolute Gasteiger partial charge is 0.119 e. The summed E-state index contributed by atoms with van der Waals surface area (Å²) >= 11 is 0. The summed E-state index contributed by atoms with van der Waals surface area (Å²) in [4.78, 5) is 2.63. The third-order valence-corrected chi connectivity index (χ3v) is 5.17. The minimum Gasteiger partial charge on any atom is -0.508 e. The van der Waals surface area contributed by atoms with E-state index in [2.05, 4.69) is 41.3 Å². The molecule has 3 heteroatoms. The van der Waals surface area contributed by atoms with E-state index in [1.165, 1.54) is 36.1 Å². The van der Waals surface area contributed by atoms with E-state index in [0.717, 1.165) is 13.0 Å². The average Bonchev–Trinajstić information content (AvgIpc) is 2.92. The van der Waals surface area contributed by atoms with Crippen molar-refractivity contribution in [2.45, 2.75) is 37.8 Å². The molecular weight excluding hydrogens is 338 g/mol. The number of aromatic hydroxyl groups is 1. The minimum atomic E-state index is 0. The van der Waals surface area contributed by atoms with E-state index < -0.39 is 0 Å². The van der Waals surface area contributed by atoms with Crippen LogP contribution in [0.5, 0.6) is 5.75 Å². The monoisotopic (exact) mass is 359 g/mol. The van der Waals surface area contributed by atoms with Gasteiger partial charge in [0.2, 0.25) is 0 Å². The Hall–Kier alpha value is -1.32. The molecule has 1 heterocycles. The number of hydrogen-bond donors (Lipinski definition) is 1. The van der Waals surface area contributed by atoms with Gasteiger partial charge in [0.1, 0.15) is 5.75 Å². The topological polar surface area (TPSA) is 23.5 Å². The second kappa shape index (κ2) is 6.43. The van der Waals surface area contributed by atoms with Crippen LogP contribution in [0.4, 0.5) is 0 Å². The molecule has 2 atom stereocenters. The van der Waals surface area contributed by atoms with E-state index in [1.807, 2.05) is 12.1 Å². The first-order valence-electron chi connectivity index (χ1n) is 7.91. The largest absolute Gasteiger partial charge is 0.508 e. The predicted molar refractivity (Wildman–Crippen MR) is 94.7 cm³/mol. The normalized spacial score (nSPS) is 23.5. The van der Waals surface area contributed by atoms with Gasteiger partial charge in [0.15, 0.2) is 0 Å². The number of phenols is 1. The van der Waals surface area contributed by atoms with E-state index in [-0.39, 0.29) is 17.0 Å². The molecule has 2 nitrogen and oxygen atoms in total. The van der Waals surface area contributed by atoms with Crippen molar-refractivity contribution in [3.05, 3.63) is 65.2 Å². The Bertz CT molecular complexity index is 643. The van der Waals surface area contributed by atoms with E-state index in [0.29, 0.717) is 17.7 Å². The van der Waals surface area contributed by atoms with Gasteiger partial charge in [0.05, 0.1) is 0 Å². The lowest BCUT2D eigenvalue weighted by Gasteiger charge is -2.33. The lowest BCUT2D eigenvalue weighted by atomic mass is 9.79. The maximum absolute atomic E-state index is 10.1. The van der Waals surface area contributed by atoms with Gasteiger partial charge in [0, 0.05) is 18.5 Å². The van der Waals surface area contributed by atoms with Crippen molar-refractivity contribution in [2.24, 2.45) is 0 Å². The summed E-state index contributed by atoms with van der Waals surface area (Å²) in [6.45, 7) is 2.22. The summed E-state index contributed by atoms with van der Waals surface area (Å²) in [5.74, 6) is 1.09. The molecule has 0 aromatic heterocycles. The number of nitrogens with zero attached hydrogens (tertiary/aromatic N) is 1. The molecule has 1 fully saturated rings. The third-order valence-electron chi connectivity index (χ3n) is 5.17. The zero-order valence-corrected chi connectivity index (χ0v) is 14.3. The molecule has 1 N–H and O–H groups in total. The van der Waals surface area contributed by atoms with Gasteiger partial charge < -0.3 is 5.11 Å². The van der Waals surface area contributed by atoms with Gasteiger partial charge >= 0.3 is 0 Å². The Labute approximate surface area is 142 Å². The molecule has 0 bridgehead atoms. The Balaban J connectivity index is 0.00000144. The molecule has 4 rings (SSSR count). The minimum absolute atomic E-state index is 0. The van der Waals surface area contributed by atoms with Crippen LogP contribution in [0.1, 0.15) is 35.4 Å². The van der Waals surface area contributed by atoms with Gasteiger partial charge in [0.25, 0.3) is 0 Å². The molecule has 0 unspecified atom stereocenters. The number of likely N-dealkylation sites (tertiary alicyclic amines) is 1. The van der Waals surface area contributed by atoms with Crippen LogP contribution in [0.15, 0.2) is 48.5 Å². The predicted octanol–water partition coefficient (Wildman–Crippen LogP) is 4.27. The highest BCUT2D eigenvalue weighted by Gasteiger charge is 2.38. The van der Waals surface area contributed by atoms with Crippen molar-refractivity contribution in [3.8, 4) is 5.75 Å². The van der Waals surface area contributed by atoms with Crippen molar-refractivity contribution in [1.29, 1.82) is 0 Å². The molecule has 2 aliphatic rings. The number of hydrogen-bond acceptors (Lipinski definition) is 2. The average molecular weight is 360 g/mol. The molecule has 0 spiro atoms. The highest BCUT2D eigenvalue weighted by molar-refractivity contribution is 8.93. The van der Waals surface area contributed by atoms with Crippen LogP contribution in [0.3, 0.4) is 0 Å². The van der Waals surface area contributed by atoms with Crippen LogP contribution in [0.2, 0.25) is 0 Å². The standard InChI is InChI=1S/C19H21NO.BrH/c21-19-8-4-7-15-16-11-12-20(18(16)10-9-17(15)19)13-14-5-2-1-3-6-14;/h1-8,16,18,21H,9-13H2;1H/t16-,18+;/m0./s1. The fourth-order valence-corrected chi connectivity index (χ4v) is 4.18. The zero-order valence-electron chi connectivity index (χ0n) is 12.6. The highest BCUT2D eigenvalue weighted by Crippen LogP contribution is 2.44. The van der Waals surface area contributed by atoms with Crippen molar-refractivity contribution >= 4 is 17.0 Å². The Morgan fingerprint density at radius 1 is 1.00 bits per heavy atom. The number of fused-ring (bicyclic) bond motifs is 3. The van der Waals surface area contributed by atoms with Crippen LogP contribution in [-0.2, 0) is 13.0 Å². The maximum atomic E-state index is 10.1. The van der Waals surface area contributed by atoms with Crippen molar-refractivity contribution in [1.82, 2.24) is 4.90 Å². The van der Waals surface area contributed by atoms with Crippen molar-refractivity contribution in [2.75, 3.05) is 6.54 Å². The molecule has 0 saturated carbocycles. The van der Waals surface area contributed by atoms with Gasteiger partial charge in [-0.25, -0.2) is 0 Å². The first kappa shape index (κ1) is 15.6. The molecule has 0 amide bonds. The molecule has 2 aromatic carbocycles. The number of rotatable bonds is 2. The van der Waals surface area contributed by atoms with Crippen LogP contribution in [-0.4, -0.2) is 22.6 Å². The van der Waals surface area contributed by atoms with Crippen LogP contribution in [0.25, 0.3) is 0 Å². The number of benzene rings is 2. The second-order valence-corrected chi connectivity index (χ2v) is 6.30. The maximum Gasteiger partial charge on any atom is 0.119 e. The fraction of sp³-hybridized carbons (Fsp3) is 0.368. The van der Waals surface area contributed by atoms with E-state index >= 15 is 0 Å². The van der Waals surface area contributed by atoms with E-state index in [1.54, 1.807) is 0 Å². The summed E-state index contributed by atoms with van der Waals surface area (Å²) in [6, 6.07) is 17.4. The molecular formula is C19H22BrNO. The summed E-state index contributed by atoms with van der Waals surface area (Å²) in [5.41, 5.74) is 3.99. The zero-order chi connectivity index (χ0) is 14.2. The van der Waals surface area contributed by atoms with E-state index in [4.69, 9.17) is 0 Å². The van der Waals surface area contributed by atoms with Crippen LogP contribution in [0, 0.1) is 0 Å². The molecule has 0 radical (unpaired) electrons. The Morgan fingerprint density at radius 3 is 2.64 bits per heavy atom. The summed E-state index contributed by atoms with van der Waals surface area (Å²) in [6.07, 6.45) is 3.39. The number of halogens is 1. The van der Waals surface area contributed by atoms with E-state index in [9.17, 15) is 5.11 Å². The SMILES string of the molecule is Br.Oc1cccc2c1CC[C@@H]1[C@H]2CCN1Cc1ccccc1. The summed E-state index contributed by atoms with van der Waals surface area (Å²) < 4.78 is 0. The second-order valence-electron chi connectivity index (χ2n) is 6.30. The lowest BCUT2D eigenvalue weighted by Crippen LogP contribution is -2.34. The lowest BCUT2D eigenvalue weighted by molar-refractivity contribution is 0.218. The molecule has 2 aromatic rings. The van der Waals surface area contributed by atoms with Gasteiger partial charge in [-0.05, 0) is 48.6 Å². The quantitative estimate of drug-likeness (QED) is 0.864. The molecule has 1 aliphatic carbocycles. The fourth-order valence-electron chi connectivity index (χ4n) is 4.18. The molecule has 1 aliphatic heterocycles. The molecule has 1 saturated heterocycles. The summed E-state index contributed by atoms with van der Waals surface area (Å²) in [7, 11) is 0. The van der Waals surface area contributed by atoms with Crippen molar-refractivity contribution < 1.29 is 5.11 Å². The van der Waals surface area contributed by atoms with Gasteiger partial charge in [-0.3, -0.25) is 4.90 Å².